The molecule has 0 spiro atoms. The maximum atomic E-state index is 13.8. The molecule has 33 nitrogen and oxygen atoms in total. The summed E-state index contributed by atoms with van der Waals surface area (Å²) in [6.45, 7) is 11.6. The molecule has 18 aromatic rings. The van der Waals surface area contributed by atoms with Crippen molar-refractivity contribution in [2.24, 2.45) is 0 Å². The number of hydrogen-bond donors (Lipinski definition) is 12. The second kappa shape index (κ2) is 51.1. The summed E-state index contributed by atoms with van der Waals surface area (Å²) in [5.74, 6) is -0.867. The van der Waals surface area contributed by atoms with Crippen LogP contribution in [-0.2, 0) is 12.8 Å². The number of aromatic hydroxyl groups is 1. The number of para-hydroxylation sites is 1. The number of carbonyl (C=O) groups is 6. The average molecular weight is 2040 g/mol. The number of nitrogens with one attached hydrogen (secondary N) is 11. The van der Waals surface area contributed by atoms with Crippen LogP contribution in [-0.4, -0.2) is 114 Å². The van der Waals surface area contributed by atoms with Gasteiger partial charge in [-0.1, -0.05) is 139 Å². The Labute approximate surface area is 857 Å². The van der Waals surface area contributed by atoms with Gasteiger partial charge >= 0.3 is 6.61 Å². The van der Waals surface area contributed by atoms with Crippen LogP contribution in [0.1, 0.15) is 121 Å². The van der Waals surface area contributed by atoms with E-state index in [0.29, 0.717) is 149 Å². The topological polar surface area (TPSA) is 481 Å². The molecule has 0 aliphatic heterocycles. The third kappa shape index (κ3) is 31.0. The summed E-state index contributed by atoms with van der Waals surface area (Å²) in [7, 11) is 1.56. The molecule has 150 heavy (non-hydrogen) atoms. The van der Waals surface area contributed by atoms with Gasteiger partial charge < -0.3 is 75.9 Å². The maximum absolute atomic E-state index is 13.8. The highest BCUT2D eigenvalue weighted by molar-refractivity contribution is 6.30. The Bertz CT molecular complexity index is 8270. The van der Waals surface area contributed by atoms with Gasteiger partial charge in [0, 0.05) is 154 Å². The number of H-pyrrole nitrogens is 5. The first kappa shape index (κ1) is 108. The van der Waals surface area contributed by atoms with Crippen molar-refractivity contribution in [3.63, 3.8) is 0 Å². The van der Waals surface area contributed by atoms with Crippen molar-refractivity contribution >= 4 is 81.2 Å². The second-order valence-electron chi connectivity index (χ2n) is 33.0. The summed E-state index contributed by atoms with van der Waals surface area (Å²) in [5, 5.41) is 30.1. The third-order valence-electron chi connectivity index (χ3n) is 21.5. The molecule has 6 amide bonds. The van der Waals surface area contributed by atoms with E-state index in [9.17, 15) is 75.4 Å². The molecule has 0 radical (unpaired) electrons. The summed E-state index contributed by atoms with van der Waals surface area (Å²) in [6.07, 6.45) is 1.64. The van der Waals surface area contributed by atoms with Gasteiger partial charge in [0.15, 0.2) is 5.82 Å². The molecular weight excluding hydrogens is 1950 g/mol. The minimum Gasteiger partial charge on any atom is -0.507 e. The zero-order valence-electron chi connectivity index (χ0n) is 81.6. The van der Waals surface area contributed by atoms with Crippen LogP contribution in [0.25, 0.3) is 68.4 Å². The van der Waals surface area contributed by atoms with E-state index in [2.05, 4.69) is 104 Å². The first-order chi connectivity index (χ1) is 72.0. The van der Waals surface area contributed by atoms with E-state index in [0.717, 1.165) is 40.8 Å². The number of methoxy groups -OCH3 is 1. The molecule has 18 rings (SSSR count). The normalized spacial score (nSPS) is 10.5. The predicted molar refractivity (Wildman–Crippen MR) is 565 cm³/mol. The Kier molecular flexibility index (Phi) is 36.7. The largest absolute Gasteiger partial charge is 0.507 e. The molecule has 0 saturated carbocycles. The molecule has 0 bridgehead atoms. The van der Waals surface area contributed by atoms with Crippen LogP contribution >= 0.6 is 11.6 Å². The summed E-state index contributed by atoms with van der Waals surface area (Å²) < 4.78 is 67.3. The van der Waals surface area contributed by atoms with Crippen LogP contribution in [0.2, 0.25) is 5.02 Å². The van der Waals surface area contributed by atoms with Gasteiger partial charge in [0.2, 0.25) is 0 Å². The summed E-state index contributed by atoms with van der Waals surface area (Å²) >= 11 is 5.69. The van der Waals surface area contributed by atoms with Gasteiger partial charge in [-0.05, 0) is 229 Å². The minimum atomic E-state index is -3.04. The number of aromatic nitrogens is 12. The lowest BCUT2D eigenvalue weighted by Gasteiger charge is -2.11. The van der Waals surface area contributed by atoms with Crippen LogP contribution < -0.4 is 69.2 Å². The van der Waals surface area contributed by atoms with Crippen LogP contribution in [0.4, 0.5) is 51.7 Å². The molecule has 38 heteroatoms. The number of aryl methyl sites for hydroxylation is 8. The van der Waals surface area contributed by atoms with Crippen molar-refractivity contribution in [3.8, 4) is 85.6 Å². The number of hydrogen-bond acceptors (Lipinski definition) is 22. The number of benzene rings is 12. The van der Waals surface area contributed by atoms with E-state index in [1.54, 1.807) is 193 Å². The van der Waals surface area contributed by atoms with Crippen LogP contribution in [0.5, 0.6) is 17.2 Å². The monoisotopic (exact) mass is 2040 g/mol. The summed E-state index contributed by atoms with van der Waals surface area (Å²) in [6, 6.07) is 83.7. The number of ether oxygens (including phenoxy) is 2. The molecule has 6 aromatic heterocycles. The van der Waals surface area contributed by atoms with Crippen molar-refractivity contribution in [2.75, 3.05) is 39.0 Å². The fraction of sp³-hybridized carbons (Fsp3) is 0.107. The number of amides is 6. The van der Waals surface area contributed by atoms with Crippen LogP contribution in [0.3, 0.4) is 0 Å². The van der Waals surface area contributed by atoms with Gasteiger partial charge in [-0.2, -0.15) is 13.8 Å². The molecule has 0 unspecified atom stereocenters. The van der Waals surface area contributed by atoms with Crippen LogP contribution in [0.15, 0.2) is 338 Å². The molecule has 0 aliphatic rings. The van der Waals surface area contributed by atoms with Crippen molar-refractivity contribution < 1.29 is 65.4 Å². The highest BCUT2D eigenvalue weighted by Crippen LogP contribution is 2.31. The van der Waals surface area contributed by atoms with E-state index in [4.69, 9.17) is 20.9 Å². The molecule has 0 fully saturated rings. The SMILES string of the molecule is CCc1ccc(C(=O)Nc2cccc(-c3nc(C)cc(=O)[nH]3)c2)cc1.CCc1noc(-c2cccc(NC(=O)c3cccc(OC)c3)c2)n1.Cc1cc(=O)[nH]c(-c2ccc(NC(=O)c3c(O)cccc3F)cc2)n1.Cc1cc(=O)[nH]c(-c2cccc(NC(=O)c3ccc(Cl)cc3F)c2)n1.Cc1cc(=O)[nH]c(-c2cccc(NC(=O)c3ccccc3OC(F)F)c2)n1.Cc1ccc(C(=O)Nc2cccc(-c3nc(C)cc(=O)[nH]3)c2)cc1. The zero-order chi connectivity index (χ0) is 107. The highest BCUT2D eigenvalue weighted by atomic mass is 35.5. The van der Waals surface area contributed by atoms with Crippen molar-refractivity contribution in [2.45, 2.75) is 74.8 Å². The first-order valence-electron chi connectivity index (χ1n) is 46.0. The average Bonchev–Trinajstić information content (AvgIpc) is 0.875. The molecule has 0 saturated heterocycles. The van der Waals surface area contributed by atoms with Gasteiger partial charge in [-0.15, -0.1) is 0 Å². The number of nitrogens with zero attached hydrogens (tertiary/aromatic N) is 7. The molecule has 0 aliphatic carbocycles. The van der Waals surface area contributed by atoms with E-state index in [1.807, 2.05) is 86.6 Å². The molecule has 0 atom stereocenters. The van der Waals surface area contributed by atoms with Crippen molar-refractivity contribution in [3.05, 3.63) is 457 Å². The fourth-order valence-corrected chi connectivity index (χ4v) is 14.5. The second-order valence-corrected chi connectivity index (χ2v) is 33.5. The lowest BCUT2D eigenvalue weighted by atomic mass is 10.1. The predicted octanol–water partition coefficient (Wildman–Crippen LogP) is 20.7. The Morgan fingerprint density at radius 2 is 0.747 bits per heavy atom. The number of halogens is 5. The number of phenols is 1. The van der Waals surface area contributed by atoms with Gasteiger partial charge in [0.05, 0.1) is 18.2 Å². The van der Waals surface area contributed by atoms with E-state index in [-0.39, 0.29) is 67.4 Å². The Balaban J connectivity index is 0.000000150. The third-order valence-corrected chi connectivity index (χ3v) is 21.7. The van der Waals surface area contributed by atoms with Gasteiger partial charge in [0.1, 0.15) is 63.6 Å². The summed E-state index contributed by atoms with van der Waals surface area (Å²) in [4.78, 5) is 171. The summed E-state index contributed by atoms with van der Waals surface area (Å²) in [5.41, 5.74) is 12.5. The molecule has 12 N–H and O–H groups in total. The smallest absolute Gasteiger partial charge is 0.387 e. The van der Waals surface area contributed by atoms with Crippen molar-refractivity contribution in [1.29, 1.82) is 0 Å². The van der Waals surface area contributed by atoms with E-state index >= 15 is 0 Å². The lowest BCUT2D eigenvalue weighted by molar-refractivity contribution is -0.0501. The minimum absolute atomic E-state index is 0.0229. The molecular formula is C112H95ClF4N18O15. The number of rotatable bonds is 23. The Hall–Kier alpha value is -19.6. The Morgan fingerprint density at radius 1 is 0.360 bits per heavy atom. The number of carbonyl (C=O) groups excluding carboxylic acids is 6. The molecule has 758 valence electrons. The van der Waals surface area contributed by atoms with Gasteiger partial charge in [-0.3, -0.25) is 52.7 Å². The van der Waals surface area contributed by atoms with Gasteiger partial charge in [-0.25, -0.2) is 33.7 Å². The van der Waals surface area contributed by atoms with Crippen molar-refractivity contribution in [1.82, 2.24) is 60.0 Å². The van der Waals surface area contributed by atoms with E-state index in [1.165, 1.54) is 78.4 Å². The Morgan fingerprint density at radius 3 is 1.15 bits per heavy atom. The maximum Gasteiger partial charge on any atom is 0.387 e. The zero-order valence-corrected chi connectivity index (χ0v) is 82.4. The van der Waals surface area contributed by atoms with E-state index < -0.39 is 47.3 Å². The number of phenolic OH excluding ortho intramolecular Hbond substituents is 1. The first-order valence-corrected chi connectivity index (χ1v) is 46.4. The quantitative estimate of drug-likeness (QED) is 0.0265. The lowest BCUT2D eigenvalue weighted by Crippen LogP contribution is -2.15. The van der Waals surface area contributed by atoms with Gasteiger partial charge in [0.25, 0.3) is 69.1 Å². The standard InChI is InChI=1S/C20H19N3O2.C19H15F2N3O3.C19H17N3O2.C18H13ClFN3O2.C18H14FN3O3.C18H17N3O3/c1-3-14-7-9-15(10-8-14)20(25)22-17-6-4-5-16(12-17)19-21-13(2)11-18(24)23-19;1-11-9-16(25)24-17(22-11)12-5-4-6-13(10-12)23-18(26)14-7-2-3-8-15(14)27-19(20)21;1-12-6-8-14(9-7-12)19(24)21-16-5-3-4-15(11-16)18-20-13(2)10-17(23)22-18;1-10-7-16(24)23-17(21-10)11-3-2-4-13(8-11)22-18(25)14-6-5-12(19)9-15(14)20;1-10-9-15(24)22-17(20-10)11-5-7-12(8-6-11)21-18(25)16-13(19)3-2-4-14(16)23;1-3-16-20-18(24-21-16)13-7-4-8-14(10-13)19-17(22)12-6-5-9-15(11-12)23-2/h4-12H,3H2,1-2H3,(H,22,25)(H,21,23,24);2-10,19H,1H3,(H,23,26)(H,22,24,25);3-11H,1-2H3,(H,21,24)(H,20,22,23);2-9H,1H3,(H,22,25)(H,21,23,24);2-9,23H,1H3,(H,21,25)(H,20,22,24);4-11H,3H2,1-2H3,(H,19,22). The molecule has 12 aromatic carbocycles. The number of aromatic amines is 5. The number of anilines is 6. The fourth-order valence-electron chi connectivity index (χ4n) is 14.3. The highest BCUT2D eigenvalue weighted by Gasteiger charge is 2.22. The number of alkyl halides is 2. The van der Waals surface area contributed by atoms with Crippen LogP contribution in [0, 0.1) is 53.2 Å². The molecule has 6 heterocycles.